The van der Waals surface area contributed by atoms with Crippen LogP contribution in [0.1, 0.15) is 10.7 Å². The van der Waals surface area contributed by atoms with Crippen molar-refractivity contribution in [2.45, 2.75) is 12.8 Å². The lowest BCUT2D eigenvalue weighted by Gasteiger charge is -2.17. The van der Waals surface area contributed by atoms with Crippen LogP contribution in [0.4, 0.5) is 5.82 Å². The van der Waals surface area contributed by atoms with Crippen LogP contribution in [0.2, 0.25) is 0 Å². The molecular weight excluding hydrogens is 244 g/mol. The van der Waals surface area contributed by atoms with Gasteiger partial charge < -0.3 is 10.6 Å². The smallest absolute Gasteiger partial charge is 0.131 e. The second-order valence-electron chi connectivity index (χ2n) is 4.12. The second-order valence-corrected chi connectivity index (χ2v) is 5.15. The zero-order valence-corrected chi connectivity index (χ0v) is 11.4. The fourth-order valence-electron chi connectivity index (χ4n) is 1.70. The van der Waals surface area contributed by atoms with Gasteiger partial charge in [-0.2, -0.15) is 0 Å². The van der Waals surface area contributed by atoms with Crippen molar-refractivity contribution in [1.82, 2.24) is 9.97 Å². The van der Waals surface area contributed by atoms with E-state index < -0.39 is 0 Å². The maximum Gasteiger partial charge on any atom is 0.131 e. The van der Waals surface area contributed by atoms with Gasteiger partial charge in [0, 0.05) is 31.1 Å². The average Bonchev–Trinajstić information content (AvgIpc) is 2.90. The summed E-state index contributed by atoms with van der Waals surface area (Å²) in [5.74, 6) is 1.78. The zero-order chi connectivity index (χ0) is 12.8. The Balaban J connectivity index is 1.95. The summed E-state index contributed by atoms with van der Waals surface area (Å²) in [6.45, 7) is 1.54. The fraction of sp³-hybridized carbons (Fsp3) is 0.385. The zero-order valence-electron chi connectivity index (χ0n) is 10.5. The molecule has 0 bridgehead atoms. The van der Waals surface area contributed by atoms with Gasteiger partial charge in [0.05, 0.1) is 0 Å². The first-order chi connectivity index (χ1) is 8.79. The molecule has 2 aromatic heterocycles. The number of anilines is 1. The van der Waals surface area contributed by atoms with Crippen LogP contribution in [0.25, 0.3) is 0 Å². The van der Waals surface area contributed by atoms with Gasteiger partial charge in [-0.15, -0.1) is 11.3 Å². The highest BCUT2D eigenvalue weighted by Gasteiger charge is 2.05. The Morgan fingerprint density at radius 3 is 2.94 bits per heavy atom. The fourth-order valence-corrected chi connectivity index (χ4v) is 2.40. The van der Waals surface area contributed by atoms with Gasteiger partial charge in [0.15, 0.2) is 0 Å². The van der Waals surface area contributed by atoms with Crippen LogP contribution in [-0.2, 0) is 12.8 Å². The molecule has 0 aliphatic carbocycles. The monoisotopic (exact) mass is 262 g/mol. The van der Waals surface area contributed by atoms with Gasteiger partial charge in [-0.05, 0) is 30.5 Å². The summed E-state index contributed by atoms with van der Waals surface area (Å²) < 4.78 is 0. The third-order valence-electron chi connectivity index (χ3n) is 2.72. The Hall–Kier alpha value is -1.46. The van der Waals surface area contributed by atoms with Gasteiger partial charge in [-0.1, -0.05) is 6.07 Å². The van der Waals surface area contributed by atoms with Crippen LogP contribution in [0, 0.1) is 0 Å². The molecule has 2 aromatic rings. The van der Waals surface area contributed by atoms with E-state index >= 15 is 0 Å². The van der Waals surface area contributed by atoms with Crippen molar-refractivity contribution in [3.8, 4) is 0 Å². The molecule has 0 unspecified atom stereocenters. The van der Waals surface area contributed by atoms with Crippen molar-refractivity contribution in [2.24, 2.45) is 5.73 Å². The van der Waals surface area contributed by atoms with Crippen molar-refractivity contribution in [1.29, 1.82) is 0 Å². The molecule has 0 radical (unpaired) electrons. The van der Waals surface area contributed by atoms with Crippen LogP contribution in [0.5, 0.6) is 0 Å². The summed E-state index contributed by atoms with van der Waals surface area (Å²) in [6, 6.07) is 6.19. The van der Waals surface area contributed by atoms with Crippen LogP contribution in [-0.4, -0.2) is 30.1 Å². The highest BCUT2D eigenvalue weighted by atomic mass is 32.1. The van der Waals surface area contributed by atoms with Crippen molar-refractivity contribution in [3.05, 3.63) is 40.5 Å². The predicted octanol–water partition coefficient (Wildman–Crippen LogP) is 1.72. The van der Waals surface area contributed by atoms with Gasteiger partial charge in [0.1, 0.15) is 11.6 Å². The summed E-state index contributed by atoms with van der Waals surface area (Å²) in [5.41, 5.74) is 5.52. The highest BCUT2D eigenvalue weighted by Crippen LogP contribution is 2.12. The molecule has 4 nitrogen and oxygen atoms in total. The van der Waals surface area contributed by atoms with Gasteiger partial charge in [-0.3, -0.25) is 0 Å². The van der Waals surface area contributed by atoms with Crippen molar-refractivity contribution < 1.29 is 0 Å². The molecule has 0 saturated heterocycles. The molecular formula is C13H18N4S. The molecule has 0 aliphatic rings. The van der Waals surface area contributed by atoms with E-state index in [4.69, 9.17) is 5.73 Å². The maximum absolute atomic E-state index is 5.52. The van der Waals surface area contributed by atoms with Gasteiger partial charge in [0.25, 0.3) is 0 Å². The maximum atomic E-state index is 5.52. The molecule has 0 atom stereocenters. The normalized spacial score (nSPS) is 10.6. The third-order valence-corrected chi connectivity index (χ3v) is 3.66. The van der Waals surface area contributed by atoms with E-state index in [-0.39, 0.29) is 0 Å². The largest absolute Gasteiger partial charge is 0.359 e. The molecule has 0 saturated carbocycles. The number of hydrogen-bond acceptors (Lipinski definition) is 5. The number of aromatic nitrogens is 2. The SMILES string of the molecule is CN(CCc1cccs1)c1ccnc(CCN)n1. The number of hydrogen-bond donors (Lipinski definition) is 1. The molecule has 0 aliphatic heterocycles. The standard InChI is InChI=1S/C13H18N4S/c1-17(9-6-11-3-2-10-18-11)13-5-8-15-12(16-13)4-7-14/h2-3,5,8,10H,4,6-7,9,14H2,1H3. The van der Waals surface area contributed by atoms with Crippen LogP contribution in [0.3, 0.4) is 0 Å². The van der Waals surface area contributed by atoms with Crippen molar-refractivity contribution >= 4 is 17.2 Å². The van der Waals surface area contributed by atoms with Gasteiger partial charge in [-0.25, -0.2) is 9.97 Å². The number of rotatable bonds is 6. The summed E-state index contributed by atoms with van der Waals surface area (Å²) in [4.78, 5) is 12.3. The molecule has 2 rings (SSSR count). The minimum absolute atomic E-state index is 0.586. The molecule has 2 heterocycles. The van der Waals surface area contributed by atoms with E-state index in [9.17, 15) is 0 Å². The predicted molar refractivity (Wildman–Crippen MR) is 76.1 cm³/mol. The van der Waals surface area contributed by atoms with E-state index in [2.05, 4.69) is 39.4 Å². The van der Waals surface area contributed by atoms with Crippen LogP contribution in [0.15, 0.2) is 29.8 Å². The van der Waals surface area contributed by atoms with E-state index in [1.54, 1.807) is 17.5 Å². The summed E-state index contributed by atoms with van der Waals surface area (Å²) >= 11 is 1.80. The van der Waals surface area contributed by atoms with Crippen LogP contribution >= 0.6 is 11.3 Å². The van der Waals surface area contributed by atoms with E-state index in [0.717, 1.165) is 31.0 Å². The Morgan fingerprint density at radius 2 is 2.22 bits per heavy atom. The molecule has 0 amide bonds. The molecule has 2 N–H and O–H groups in total. The molecule has 18 heavy (non-hydrogen) atoms. The lowest BCUT2D eigenvalue weighted by Crippen LogP contribution is -2.22. The minimum atomic E-state index is 0.586. The first kappa shape index (κ1) is 13.0. The lowest BCUT2D eigenvalue weighted by atomic mass is 10.3. The quantitative estimate of drug-likeness (QED) is 0.861. The first-order valence-electron chi connectivity index (χ1n) is 6.05. The van der Waals surface area contributed by atoms with E-state index in [1.807, 2.05) is 6.07 Å². The number of nitrogens with two attached hydrogens (primary N) is 1. The third kappa shape index (κ3) is 3.51. The number of likely N-dealkylation sites (N-methyl/N-ethyl adjacent to an activating group) is 1. The molecule has 0 spiro atoms. The van der Waals surface area contributed by atoms with E-state index in [0.29, 0.717) is 6.54 Å². The first-order valence-corrected chi connectivity index (χ1v) is 6.93. The summed E-state index contributed by atoms with van der Waals surface area (Å²) in [6.07, 6.45) is 3.58. The van der Waals surface area contributed by atoms with Crippen molar-refractivity contribution in [2.75, 3.05) is 25.0 Å². The van der Waals surface area contributed by atoms with Gasteiger partial charge in [0.2, 0.25) is 0 Å². The molecule has 5 heteroatoms. The molecule has 0 aromatic carbocycles. The molecule has 0 fully saturated rings. The Bertz CT molecular complexity index is 470. The lowest BCUT2D eigenvalue weighted by molar-refractivity contribution is 0.824. The Labute approximate surface area is 111 Å². The second kappa shape index (κ2) is 6.47. The summed E-state index contributed by atoms with van der Waals surface area (Å²) in [5, 5.41) is 2.11. The topological polar surface area (TPSA) is 55.0 Å². The van der Waals surface area contributed by atoms with Gasteiger partial charge >= 0.3 is 0 Å². The summed E-state index contributed by atoms with van der Waals surface area (Å²) in [7, 11) is 2.06. The van der Waals surface area contributed by atoms with Crippen LogP contribution < -0.4 is 10.6 Å². The average molecular weight is 262 g/mol. The van der Waals surface area contributed by atoms with E-state index in [1.165, 1.54) is 4.88 Å². The highest BCUT2D eigenvalue weighted by molar-refractivity contribution is 7.09. The number of nitrogens with zero attached hydrogens (tertiary/aromatic N) is 3. The Kier molecular flexibility index (Phi) is 4.66. The number of thiophene rings is 1. The molecule has 96 valence electrons. The Morgan fingerprint density at radius 1 is 1.33 bits per heavy atom. The minimum Gasteiger partial charge on any atom is -0.359 e. The van der Waals surface area contributed by atoms with Crippen molar-refractivity contribution in [3.63, 3.8) is 0 Å².